The predicted octanol–water partition coefficient (Wildman–Crippen LogP) is 4.06. The van der Waals surface area contributed by atoms with Gasteiger partial charge in [-0.3, -0.25) is 4.79 Å². The van der Waals surface area contributed by atoms with Gasteiger partial charge in [0.15, 0.2) is 0 Å². The molecule has 2 aromatic carbocycles. The van der Waals surface area contributed by atoms with Gasteiger partial charge in [-0.05, 0) is 36.2 Å². The van der Waals surface area contributed by atoms with Crippen molar-refractivity contribution in [1.29, 1.82) is 0 Å². The van der Waals surface area contributed by atoms with Gasteiger partial charge in [-0.2, -0.15) is 0 Å². The van der Waals surface area contributed by atoms with Gasteiger partial charge in [0.2, 0.25) is 0 Å². The standard InChI is InChI=1S/C17H18ClNO3/c1-11-8-15(16(22-3)9-14(11)18)19-17(20)13-6-4-12(5-7-13)10-21-2/h4-9H,10H2,1-3H3,(H,19,20). The first kappa shape index (κ1) is 16.3. The first-order chi connectivity index (χ1) is 10.5. The van der Waals surface area contributed by atoms with E-state index in [1.165, 1.54) is 7.11 Å². The second kappa shape index (κ2) is 7.29. The lowest BCUT2D eigenvalue weighted by Gasteiger charge is -2.12. The molecule has 0 aliphatic rings. The van der Waals surface area contributed by atoms with E-state index in [1.54, 1.807) is 31.4 Å². The predicted molar refractivity (Wildman–Crippen MR) is 87.8 cm³/mol. The van der Waals surface area contributed by atoms with Gasteiger partial charge < -0.3 is 14.8 Å². The van der Waals surface area contributed by atoms with Crippen molar-refractivity contribution in [2.75, 3.05) is 19.5 Å². The largest absolute Gasteiger partial charge is 0.495 e. The second-order valence-corrected chi connectivity index (χ2v) is 5.29. The number of hydrogen-bond donors (Lipinski definition) is 1. The molecule has 1 amide bonds. The average molecular weight is 320 g/mol. The van der Waals surface area contributed by atoms with Gasteiger partial charge in [0, 0.05) is 23.8 Å². The van der Waals surface area contributed by atoms with Crippen LogP contribution in [0.3, 0.4) is 0 Å². The summed E-state index contributed by atoms with van der Waals surface area (Å²) in [6.45, 7) is 2.39. The molecule has 2 aromatic rings. The monoisotopic (exact) mass is 319 g/mol. The number of anilines is 1. The van der Waals surface area contributed by atoms with Crippen LogP contribution in [0.1, 0.15) is 21.5 Å². The van der Waals surface area contributed by atoms with Gasteiger partial charge in [0.05, 0.1) is 19.4 Å². The van der Waals surface area contributed by atoms with Crippen molar-refractivity contribution in [3.05, 3.63) is 58.1 Å². The van der Waals surface area contributed by atoms with Crippen LogP contribution in [-0.2, 0) is 11.3 Å². The maximum Gasteiger partial charge on any atom is 0.255 e. The molecule has 0 unspecified atom stereocenters. The second-order valence-electron chi connectivity index (χ2n) is 4.89. The summed E-state index contributed by atoms with van der Waals surface area (Å²) in [7, 11) is 3.17. The molecule has 0 aromatic heterocycles. The van der Waals surface area contributed by atoms with Gasteiger partial charge in [-0.15, -0.1) is 0 Å². The van der Waals surface area contributed by atoms with Crippen molar-refractivity contribution in [2.24, 2.45) is 0 Å². The maximum absolute atomic E-state index is 12.3. The fourth-order valence-electron chi connectivity index (χ4n) is 2.04. The molecule has 0 saturated carbocycles. The molecule has 0 atom stereocenters. The number of halogens is 1. The molecule has 1 N–H and O–H groups in total. The highest BCUT2D eigenvalue weighted by molar-refractivity contribution is 6.31. The van der Waals surface area contributed by atoms with E-state index in [1.807, 2.05) is 19.1 Å². The highest BCUT2D eigenvalue weighted by Crippen LogP contribution is 2.31. The maximum atomic E-state index is 12.3. The molecule has 0 fully saturated rings. The smallest absolute Gasteiger partial charge is 0.255 e. The molecular formula is C17H18ClNO3. The molecule has 0 saturated heterocycles. The van der Waals surface area contributed by atoms with Crippen LogP contribution in [0.5, 0.6) is 5.75 Å². The van der Waals surface area contributed by atoms with Gasteiger partial charge in [0.1, 0.15) is 5.75 Å². The summed E-state index contributed by atoms with van der Waals surface area (Å²) < 4.78 is 10.3. The molecular weight excluding hydrogens is 302 g/mol. The van der Waals surface area contributed by atoms with Gasteiger partial charge in [0.25, 0.3) is 5.91 Å². The number of carbonyl (C=O) groups is 1. The summed E-state index contributed by atoms with van der Waals surface area (Å²) in [5.74, 6) is 0.323. The number of nitrogens with one attached hydrogen (secondary N) is 1. The number of carbonyl (C=O) groups excluding carboxylic acids is 1. The third-order valence-corrected chi connectivity index (χ3v) is 3.66. The molecule has 0 aliphatic carbocycles. The number of benzene rings is 2. The van der Waals surface area contributed by atoms with Gasteiger partial charge >= 0.3 is 0 Å². The Bertz CT molecular complexity index is 668. The SMILES string of the molecule is COCc1ccc(C(=O)Nc2cc(C)c(Cl)cc2OC)cc1. The minimum Gasteiger partial charge on any atom is -0.495 e. The van der Waals surface area contributed by atoms with Crippen LogP contribution in [0.25, 0.3) is 0 Å². The summed E-state index contributed by atoms with van der Waals surface area (Å²) in [5, 5.41) is 3.44. The quantitative estimate of drug-likeness (QED) is 0.904. The van der Waals surface area contributed by atoms with Crippen molar-refractivity contribution >= 4 is 23.2 Å². The summed E-state index contributed by atoms with van der Waals surface area (Å²) >= 11 is 6.06. The Kier molecular flexibility index (Phi) is 5.41. The van der Waals surface area contributed by atoms with E-state index in [0.29, 0.717) is 28.6 Å². The highest BCUT2D eigenvalue weighted by atomic mass is 35.5. The molecule has 0 aliphatic heterocycles. The van der Waals surface area contributed by atoms with Crippen molar-refractivity contribution in [1.82, 2.24) is 0 Å². The van der Waals surface area contributed by atoms with Crippen molar-refractivity contribution < 1.29 is 14.3 Å². The van der Waals surface area contributed by atoms with Crippen LogP contribution in [0.2, 0.25) is 5.02 Å². The summed E-state index contributed by atoms with van der Waals surface area (Å²) in [6.07, 6.45) is 0. The minimum absolute atomic E-state index is 0.205. The lowest BCUT2D eigenvalue weighted by molar-refractivity contribution is 0.102. The van der Waals surface area contributed by atoms with Crippen LogP contribution >= 0.6 is 11.6 Å². The summed E-state index contributed by atoms with van der Waals surface area (Å²) in [4.78, 5) is 12.3. The van der Waals surface area contributed by atoms with E-state index in [9.17, 15) is 4.79 Å². The first-order valence-electron chi connectivity index (χ1n) is 6.78. The Morgan fingerprint density at radius 3 is 2.45 bits per heavy atom. The van der Waals surface area contributed by atoms with Crippen LogP contribution < -0.4 is 10.1 Å². The number of rotatable bonds is 5. The van der Waals surface area contributed by atoms with E-state index >= 15 is 0 Å². The van der Waals surface area contributed by atoms with E-state index in [0.717, 1.165) is 11.1 Å². The van der Waals surface area contributed by atoms with E-state index in [4.69, 9.17) is 21.1 Å². The van der Waals surface area contributed by atoms with E-state index < -0.39 is 0 Å². The molecule has 0 bridgehead atoms. The van der Waals surface area contributed by atoms with Crippen LogP contribution in [0.15, 0.2) is 36.4 Å². The Morgan fingerprint density at radius 2 is 1.86 bits per heavy atom. The number of aryl methyl sites for hydroxylation is 1. The Morgan fingerprint density at radius 1 is 1.18 bits per heavy atom. The highest BCUT2D eigenvalue weighted by Gasteiger charge is 2.12. The number of amides is 1. The van der Waals surface area contributed by atoms with E-state index in [-0.39, 0.29) is 5.91 Å². The lowest BCUT2D eigenvalue weighted by Crippen LogP contribution is -2.13. The van der Waals surface area contributed by atoms with Crippen molar-refractivity contribution in [3.63, 3.8) is 0 Å². The van der Waals surface area contributed by atoms with Crippen molar-refractivity contribution in [3.8, 4) is 5.75 Å². The van der Waals surface area contributed by atoms with Gasteiger partial charge in [-0.25, -0.2) is 0 Å². The Hall–Kier alpha value is -2.04. The topological polar surface area (TPSA) is 47.6 Å². The van der Waals surface area contributed by atoms with E-state index in [2.05, 4.69) is 5.32 Å². The fourth-order valence-corrected chi connectivity index (χ4v) is 2.20. The number of hydrogen-bond acceptors (Lipinski definition) is 3. The number of methoxy groups -OCH3 is 2. The Labute approximate surface area is 135 Å². The molecule has 0 radical (unpaired) electrons. The Balaban J connectivity index is 2.19. The third kappa shape index (κ3) is 3.78. The molecule has 2 rings (SSSR count). The molecule has 5 heteroatoms. The zero-order valence-corrected chi connectivity index (χ0v) is 13.5. The zero-order valence-electron chi connectivity index (χ0n) is 12.8. The molecule has 22 heavy (non-hydrogen) atoms. The summed E-state index contributed by atoms with van der Waals surface area (Å²) in [6, 6.07) is 10.7. The molecule has 116 valence electrons. The van der Waals surface area contributed by atoms with Crippen LogP contribution in [0, 0.1) is 6.92 Å². The number of ether oxygens (including phenoxy) is 2. The average Bonchev–Trinajstić information content (AvgIpc) is 2.51. The van der Waals surface area contributed by atoms with Gasteiger partial charge in [-0.1, -0.05) is 23.7 Å². The minimum atomic E-state index is -0.205. The van der Waals surface area contributed by atoms with Crippen LogP contribution in [0.4, 0.5) is 5.69 Å². The molecule has 0 heterocycles. The lowest BCUT2D eigenvalue weighted by atomic mass is 10.1. The first-order valence-corrected chi connectivity index (χ1v) is 7.16. The van der Waals surface area contributed by atoms with Crippen LogP contribution in [-0.4, -0.2) is 20.1 Å². The normalized spacial score (nSPS) is 10.4. The molecule has 0 spiro atoms. The fraction of sp³-hybridized carbons (Fsp3) is 0.235. The van der Waals surface area contributed by atoms with Crippen molar-refractivity contribution in [2.45, 2.75) is 13.5 Å². The summed E-state index contributed by atoms with van der Waals surface area (Å²) in [5.41, 5.74) is 3.04. The zero-order chi connectivity index (χ0) is 16.1. The molecule has 4 nitrogen and oxygen atoms in total. The third-order valence-electron chi connectivity index (χ3n) is 3.26.